The minimum absolute atomic E-state index is 0.0957. The predicted octanol–water partition coefficient (Wildman–Crippen LogP) is 4.65. The lowest BCUT2D eigenvalue weighted by atomic mass is 9.46. The maximum Gasteiger partial charge on any atom is 0.138 e. The minimum Gasteiger partial charge on any atom is -0.393 e. The van der Waals surface area contributed by atoms with Gasteiger partial charge in [0.1, 0.15) is 11.4 Å². The van der Waals surface area contributed by atoms with E-state index in [1.165, 1.54) is 5.57 Å². The van der Waals surface area contributed by atoms with Gasteiger partial charge in [-0.05, 0) is 80.5 Å². The summed E-state index contributed by atoms with van der Waals surface area (Å²) in [5, 5.41) is 33.4. The largest absolute Gasteiger partial charge is 0.393 e. The topological polar surface area (TPSA) is 77.8 Å². The molecular weight excluding hydrogens is 388 g/mol. The summed E-state index contributed by atoms with van der Waals surface area (Å²) in [6, 6.07) is 0. The van der Waals surface area contributed by atoms with E-state index in [-0.39, 0.29) is 23.2 Å². The maximum absolute atomic E-state index is 13.1. The molecular formula is C27H44O4. The Morgan fingerprint density at radius 2 is 1.84 bits per heavy atom. The Morgan fingerprint density at radius 3 is 2.52 bits per heavy atom. The van der Waals surface area contributed by atoms with Crippen LogP contribution in [-0.4, -0.2) is 38.9 Å². The molecule has 0 saturated heterocycles. The van der Waals surface area contributed by atoms with Crippen LogP contribution in [0.5, 0.6) is 0 Å². The molecule has 0 aromatic rings. The first-order chi connectivity index (χ1) is 14.4. The fourth-order valence-electron chi connectivity index (χ4n) is 8.37. The average molecular weight is 433 g/mol. The molecule has 0 heterocycles. The van der Waals surface area contributed by atoms with Crippen molar-refractivity contribution in [2.24, 2.45) is 40.4 Å². The summed E-state index contributed by atoms with van der Waals surface area (Å²) < 4.78 is 0. The molecule has 0 aliphatic heterocycles. The highest BCUT2D eigenvalue weighted by Gasteiger charge is 2.69. The van der Waals surface area contributed by atoms with Crippen LogP contribution in [0.2, 0.25) is 0 Å². The number of hydrogen-bond acceptors (Lipinski definition) is 4. The van der Waals surface area contributed by atoms with Crippen LogP contribution in [0.4, 0.5) is 0 Å². The summed E-state index contributed by atoms with van der Waals surface area (Å²) >= 11 is 0. The third kappa shape index (κ3) is 3.38. The van der Waals surface area contributed by atoms with Crippen molar-refractivity contribution in [1.29, 1.82) is 0 Å². The van der Waals surface area contributed by atoms with E-state index < -0.39 is 23.0 Å². The number of allylic oxidation sites excluding steroid dienone is 1. The van der Waals surface area contributed by atoms with Crippen molar-refractivity contribution in [2.75, 3.05) is 0 Å². The zero-order chi connectivity index (χ0) is 22.8. The maximum atomic E-state index is 13.1. The Hall–Kier alpha value is -0.710. The number of hydrogen-bond donors (Lipinski definition) is 3. The van der Waals surface area contributed by atoms with Crippen molar-refractivity contribution in [1.82, 2.24) is 0 Å². The molecule has 3 fully saturated rings. The normalized spacial score (nSPS) is 47.9. The Bertz CT molecular complexity index is 744. The van der Waals surface area contributed by atoms with Crippen molar-refractivity contribution < 1.29 is 20.1 Å². The van der Waals surface area contributed by atoms with Crippen molar-refractivity contribution >= 4 is 5.78 Å². The number of Topliss-reactive ketones (excluding diaryl/α,β-unsaturated/α-hetero) is 1. The lowest BCUT2D eigenvalue weighted by Gasteiger charge is -2.59. The summed E-state index contributed by atoms with van der Waals surface area (Å²) in [7, 11) is 0. The monoisotopic (exact) mass is 432 g/mol. The van der Waals surface area contributed by atoms with Gasteiger partial charge in [-0.1, -0.05) is 46.3 Å². The van der Waals surface area contributed by atoms with Crippen LogP contribution in [0.25, 0.3) is 0 Å². The van der Waals surface area contributed by atoms with Crippen molar-refractivity contribution in [3.05, 3.63) is 11.6 Å². The highest BCUT2D eigenvalue weighted by atomic mass is 16.3. The second kappa shape index (κ2) is 7.95. The summed E-state index contributed by atoms with van der Waals surface area (Å²) in [6.45, 7) is 10.6. The van der Waals surface area contributed by atoms with E-state index in [0.29, 0.717) is 30.6 Å². The molecule has 0 radical (unpaired) electrons. The van der Waals surface area contributed by atoms with E-state index in [9.17, 15) is 20.1 Å². The molecule has 0 aromatic carbocycles. The van der Waals surface area contributed by atoms with Gasteiger partial charge in [0.25, 0.3) is 0 Å². The molecule has 0 unspecified atom stereocenters. The molecule has 0 amide bonds. The standard InChI is InChI=1S/C27H44O4/c1-16(2)6-9-23(29)17(3)27(31)24(30)15-22-20-8-7-18-14-19(28)10-12-25(18,4)21(20)11-13-26(22,27)5/h7,16-17,19-22,24,28,30-31H,6,8-15H2,1-5H3/t17-,19+,20-,21+,22+,24+,25+,26+,27-/m1/s1. The van der Waals surface area contributed by atoms with Crippen LogP contribution in [-0.2, 0) is 4.79 Å². The molecule has 4 nitrogen and oxygen atoms in total. The van der Waals surface area contributed by atoms with Gasteiger partial charge < -0.3 is 15.3 Å². The SMILES string of the molecule is CC(C)CCC(=O)[C@@H](C)[C@@]1(O)[C@@H](O)C[C@H]2[C@@H]3CC=C4C[C@@H](O)CC[C@]4(C)[C@H]3CC[C@@]21C. The second-order valence-electron chi connectivity index (χ2n) is 12.3. The third-order valence-electron chi connectivity index (χ3n) is 10.5. The van der Waals surface area contributed by atoms with E-state index in [0.717, 1.165) is 44.9 Å². The van der Waals surface area contributed by atoms with Crippen LogP contribution in [0, 0.1) is 40.4 Å². The first kappa shape index (κ1) is 23.4. The van der Waals surface area contributed by atoms with Gasteiger partial charge in [-0.15, -0.1) is 0 Å². The molecule has 0 bridgehead atoms. The van der Waals surface area contributed by atoms with Crippen LogP contribution >= 0.6 is 0 Å². The number of carbonyl (C=O) groups is 1. The molecule has 3 saturated carbocycles. The third-order valence-corrected chi connectivity index (χ3v) is 10.5. The second-order valence-corrected chi connectivity index (χ2v) is 12.3. The lowest BCUT2D eigenvalue weighted by Crippen LogP contribution is -2.60. The molecule has 4 aliphatic rings. The fraction of sp³-hybridized carbons (Fsp3) is 0.889. The van der Waals surface area contributed by atoms with Gasteiger partial charge in [0.05, 0.1) is 12.2 Å². The summed E-state index contributed by atoms with van der Waals surface area (Å²) in [5.41, 5.74) is -0.212. The molecule has 3 N–H and O–H groups in total. The van der Waals surface area contributed by atoms with Gasteiger partial charge in [0.2, 0.25) is 0 Å². The Balaban J connectivity index is 1.62. The Morgan fingerprint density at radius 1 is 1.13 bits per heavy atom. The highest BCUT2D eigenvalue weighted by molar-refractivity contribution is 5.82. The van der Waals surface area contributed by atoms with Crippen molar-refractivity contribution in [3.8, 4) is 0 Å². The Kier molecular flexibility index (Phi) is 6.02. The number of fused-ring (bicyclic) bond motifs is 5. The summed E-state index contributed by atoms with van der Waals surface area (Å²) in [4.78, 5) is 13.1. The molecule has 9 atom stereocenters. The molecule has 4 rings (SSSR count). The van der Waals surface area contributed by atoms with Gasteiger partial charge >= 0.3 is 0 Å². The van der Waals surface area contributed by atoms with Crippen molar-refractivity contribution in [2.45, 2.75) is 110 Å². The van der Waals surface area contributed by atoms with Crippen LogP contribution in [0.1, 0.15) is 92.4 Å². The Labute approximate surface area is 188 Å². The zero-order valence-corrected chi connectivity index (χ0v) is 20.2. The number of aliphatic hydroxyl groups is 3. The van der Waals surface area contributed by atoms with Crippen molar-refractivity contribution in [3.63, 3.8) is 0 Å². The van der Waals surface area contributed by atoms with Gasteiger partial charge in [-0.3, -0.25) is 4.79 Å². The molecule has 4 heteroatoms. The number of ketones is 1. The number of aliphatic hydroxyl groups excluding tert-OH is 2. The van der Waals surface area contributed by atoms with E-state index in [1.807, 2.05) is 6.92 Å². The lowest BCUT2D eigenvalue weighted by molar-refractivity contribution is -0.184. The molecule has 0 spiro atoms. The highest BCUT2D eigenvalue weighted by Crippen LogP contribution is 2.68. The number of rotatable bonds is 5. The van der Waals surface area contributed by atoms with Gasteiger partial charge in [-0.2, -0.15) is 0 Å². The summed E-state index contributed by atoms with van der Waals surface area (Å²) in [5.74, 6) is 1.22. The predicted molar refractivity (Wildman–Crippen MR) is 122 cm³/mol. The van der Waals surface area contributed by atoms with Gasteiger partial charge in [0.15, 0.2) is 0 Å². The first-order valence-corrected chi connectivity index (χ1v) is 12.8. The van der Waals surface area contributed by atoms with E-state index >= 15 is 0 Å². The average Bonchev–Trinajstić information content (AvgIpc) is 2.93. The van der Waals surface area contributed by atoms with Gasteiger partial charge in [0, 0.05) is 17.8 Å². The molecule has 4 aliphatic carbocycles. The zero-order valence-electron chi connectivity index (χ0n) is 20.2. The van der Waals surface area contributed by atoms with Gasteiger partial charge in [-0.25, -0.2) is 0 Å². The molecule has 176 valence electrons. The van der Waals surface area contributed by atoms with Crippen LogP contribution in [0.3, 0.4) is 0 Å². The number of carbonyl (C=O) groups excluding carboxylic acids is 1. The first-order valence-electron chi connectivity index (χ1n) is 12.8. The van der Waals surface area contributed by atoms with E-state index in [4.69, 9.17) is 0 Å². The minimum atomic E-state index is -1.34. The molecule has 0 aromatic heterocycles. The van der Waals surface area contributed by atoms with E-state index in [1.54, 1.807) is 0 Å². The van der Waals surface area contributed by atoms with E-state index in [2.05, 4.69) is 33.8 Å². The fourth-order valence-corrected chi connectivity index (χ4v) is 8.37. The quantitative estimate of drug-likeness (QED) is 0.553. The smallest absolute Gasteiger partial charge is 0.138 e. The molecule has 31 heavy (non-hydrogen) atoms. The summed E-state index contributed by atoms with van der Waals surface area (Å²) in [6.07, 6.45) is 8.79. The van der Waals surface area contributed by atoms with Crippen LogP contribution < -0.4 is 0 Å². The van der Waals surface area contributed by atoms with Crippen LogP contribution in [0.15, 0.2) is 11.6 Å².